The van der Waals surface area contributed by atoms with Gasteiger partial charge in [-0.05, 0) is 56.8 Å². The van der Waals surface area contributed by atoms with Crippen LogP contribution >= 0.6 is 11.8 Å². The Kier molecular flexibility index (Phi) is 7.64. The van der Waals surface area contributed by atoms with E-state index in [0.717, 1.165) is 31.8 Å². The van der Waals surface area contributed by atoms with E-state index in [-0.39, 0.29) is 12.0 Å². The number of hydrogen-bond acceptors (Lipinski definition) is 5. The molecule has 17 heavy (non-hydrogen) atoms. The molecule has 0 aromatic carbocycles. The maximum absolute atomic E-state index is 11.6. The van der Waals surface area contributed by atoms with Gasteiger partial charge in [0.15, 0.2) is 0 Å². The van der Waals surface area contributed by atoms with Gasteiger partial charge in [0.05, 0.1) is 7.11 Å². The van der Waals surface area contributed by atoms with Gasteiger partial charge in [-0.25, -0.2) is 0 Å². The van der Waals surface area contributed by atoms with Gasteiger partial charge in [-0.15, -0.1) is 0 Å². The van der Waals surface area contributed by atoms with Gasteiger partial charge < -0.3 is 15.4 Å². The monoisotopic (exact) mass is 260 g/mol. The molecule has 1 heterocycles. The summed E-state index contributed by atoms with van der Waals surface area (Å²) < 4.78 is 4.83. The van der Waals surface area contributed by atoms with Gasteiger partial charge in [0, 0.05) is 0 Å². The zero-order valence-electron chi connectivity index (χ0n) is 10.8. The molecule has 1 fully saturated rings. The average Bonchev–Trinajstić information content (AvgIpc) is 2.39. The second-order valence-corrected chi connectivity index (χ2v) is 5.44. The summed E-state index contributed by atoms with van der Waals surface area (Å²) in [6.45, 7) is 3.12. The van der Waals surface area contributed by atoms with Crippen LogP contribution in [-0.2, 0) is 9.53 Å². The number of esters is 1. The highest BCUT2D eigenvalue weighted by Crippen LogP contribution is 2.11. The van der Waals surface area contributed by atoms with E-state index < -0.39 is 0 Å². The maximum Gasteiger partial charge on any atom is 0.322 e. The van der Waals surface area contributed by atoms with E-state index in [1.165, 1.54) is 20.0 Å². The third kappa shape index (κ3) is 5.75. The summed E-state index contributed by atoms with van der Waals surface area (Å²) in [6.07, 6.45) is 5.30. The molecule has 4 nitrogen and oxygen atoms in total. The first-order valence-electron chi connectivity index (χ1n) is 6.28. The summed E-state index contributed by atoms with van der Waals surface area (Å²) in [4.78, 5) is 11.6. The van der Waals surface area contributed by atoms with Crippen LogP contribution < -0.4 is 10.6 Å². The topological polar surface area (TPSA) is 50.4 Å². The van der Waals surface area contributed by atoms with Crippen molar-refractivity contribution in [2.24, 2.45) is 5.92 Å². The minimum Gasteiger partial charge on any atom is -0.468 e. The Morgan fingerprint density at radius 1 is 1.53 bits per heavy atom. The third-order valence-corrected chi connectivity index (χ3v) is 3.85. The first-order valence-corrected chi connectivity index (χ1v) is 7.68. The molecule has 1 aliphatic heterocycles. The quantitative estimate of drug-likeness (QED) is 0.665. The number of methoxy groups -OCH3 is 1. The molecule has 0 radical (unpaired) electrons. The molecule has 0 aliphatic carbocycles. The molecule has 0 spiro atoms. The zero-order chi connectivity index (χ0) is 12.5. The predicted octanol–water partition coefficient (Wildman–Crippen LogP) is 0.870. The van der Waals surface area contributed by atoms with Crippen LogP contribution in [0.2, 0.25) is 0 Å². The van der Waals surface area contributed by atoms with Crippen molar-refractivity contribution in [3.8, 4) is 0 Å². The lowest BCUT2D eigenvalue weighted by Crippen LogP contribution is -2.42. The molecule has 1 rings (SSSR count). The highest BCUT2D eigenvalue weighted by molar-refractivity contribution is 7.98. The van der Waals surface area contributed by atoms with Gasteiger partial charge in [-0.2, -0.15) is 11.8 Å². The van der Waals surface area contributed by atoms with Crippen LogP contribution in [0, 0.1) is 5.92 Å². The SMILES string of the molecule is COC(=O)[C@H](CCSC)NCC1CCNCC1. The Balaban J connectivity index is 2.28. The molecule has 0 aromatic heterocycles. The molecule has 1 atom stereocenters. The summed E-state index contributed by atoms with van der Waals surface area (Å²) in [6, 6.07) is -0.137. The van der Waals surface area contributed by atoms with E-state index in [0.29, 0.717) is 5.92 Å². The van der Waals surface area contributed by atoms with E-state index in [9.17, 15) is 4.79 Å². The van der Waals surface area contributed by atoms with E-state index in [2.05, 4.69) is 16.9 Å². The van der Waals surface area contributed by atoms with Crippen LogP contribution in [-0.4, -0.2) is 50.8 Å². The van der Waals surface area contributed by atoms with Crippen molar-refractivity contribution in [3.63, 3.8) is 0 Å². The van der Waals surface area contributed by atoms with E-state index in [1.54, 1.807) is 11.8 Å². The largest absolute Gasteiger partial charge is 0.468 e. The summed E-state index contributed by atoms with van der Waals surface area (Å²) in [7, 11) is 1.46. The Morgan fingerprint density at radius 3 is 2.82 bits per heavy atom. The standard InChI is InChI=1S/C12H24N2O2S/c1-16-12(15)11(5-8-17-2)14-9-10-3-6-13-7-4-10/h10-11,13-14H,3-9H2,1-2H3/t11-/m0/s1. The number of ether oxygens (including phenoxy) is 1. The van der Waals surface area contributed by atoms with Gasteiger partial charge in [-0.1, -0.05) is 0 Å². The van der Waals surface area contributed by atoms with Crippen LogP contribution in [0.15, 0.2) is 0 Å². The number of nitrogens with one attached hydrogen (secondary N) is 2. The molecule has 0 amide bonds. The number of hydrogen-bond donors (Lipinski definition) is 2. The van der Waals surface area contributed by atoms with Crippen molar-refractivity contribution in [2.45, 2.75) is 25.3 Å². The maximum atomic E-state index is 11.6. The molecule has 100 valence electrons. The summed E-state index contributed by atoms with van der Waals surface area (Å²) in [5.74, 6) is 1.55. The van der Waals surface area contributed by atoms with Crippen molar-refractivity contribution >= 4 is 17.7 Å². The fourth-order valence-corrected chi connectivity index (χ4v) is 2.55. The van der Waals surface area contributed by atoms with Gasteiger partial charge in [0.1, 0.15) is 6.04 Å². The minimum absolute atomic E-state index is 0.131. The molecule has 1 saturated heterocycles. The first kappa shape index (κ1) is 14.8. The number of carbonyl (C=O) groups is 1. The Hall–Kier alpha value is -0.260. The van der Waals surface area contributed by atoms with Gasteiger partial charge in [0.2, 0.25) is 0 Å². The lowest BCUT2D eigenvalue weighted by Gasteiger charge is -2.25. The smallest absolute Gasteiger partial charge is 0.322 e. The lowest BCUT2D eigenvalue weighted by molar-refractivity contribution is -0.143. The van der Waals surface area contributed by atoms with Crippen molar-refractivity contribution in [3.05, 3.63) is 0 Å². The number of piperidine rings is 1. The average molecular weight is 260 g/mol. The molecule has 0 bridgehead atoms. The molecular formula is C12H24N2O2S. The lowest BCUT2D eigenvalue weighted by atomic mass is 9.98. The van der Waals surface area contributed by atoms with Crippen molar-refractivity contribution < 1.29 is 9.53 Å². The predicted molar refractivity (Wildman–Crippen MR) is 72.4 cm³/mol. The normalized spacial score (nSPS) is 18.9. The molecule has 0 saturated carbocycles. The van der Waals surface area contributed by atoms with Gasteiger partial charge >= 0.3 is 5.97 Å². The fraction of sp³-hybridized carbons (Fsp3) is 0.917. The fourth-order valence-electron chi connectivity index (χ4n) is 2.08. The molecule has 0 aromatic rings. The molecule has 5 heteroatoms. The minimum atomic E-state index is -0.137. The highest BCUT2D eigenvalue weighted by atomic mass is 32.2. The van der Waals surface area contributed by atoms with E-state index in [1.807, 2.05) is 0 Å². The first-order chi connectivity index (χ1) is 8.27. The van der Waals surface area contributed by atoms with E-state index >= 15 is 0 Å². The second kappa shape index (κ2) is 8.78. The van der Waals surface area contributed by atoms with Crippen LogP contribution in [0.25, 0.3) is 0 Å². The van der Waals surface area contributed by atoms with Crippen molar-refractivity contribution in [1.82, 2.24) is 10.6 Å². The zero-order valence-corrected chi connectivity index (χ0v) is 11.6. The van der Waals surface area contributed by atoms with Crippen LogP contribution in [0.5, 0.6) is 0 Å². The summed E-state index contributed by atoms with van der Waals surface area (Å²) in [5, 5.41) is 6.71. The van der Waals surface area contributed by atoms with Crippen molar-refractivity contribution in [1.29, 1.82) is 0 Å². The Bertz CT molecular complexity index is 221. The Morgan fingerprint density at radius 2 is 2.24 bits per heavy atom. The van der Waals surface area contributed by atoms with Gasteiger partial charge in [-0.3, -0.25) is 4.79 Å². The third-order valence-electron chi connectivity index (χ3n) is 3.21. The summed E-state index contributed by atoms with van der Waals surface area (Å²) >= 11 is 1.76. The highest BCUT2D eigenvalue weighted by Gasteiger charge is 2.20. The Labute approximate surface area is 108 Å². The van der Waals surface area contributed by atoms with E-state index in [4.69, 9.17) is 4.74 Å². The van der Waals surface area contributed by atoms with Crippen molar-refractivity contribution in [2.75, 3.05) is 38.8 Å². The number of rotatable bonds is 7. The second-order valence-electron chi connectivity index (χ2n) is 4.46. The molecule has 2 N–H and O–H groups in total. The molecule has 1 aliphatic rings. The van der Waals surface area contributed by atoms with Crippen LogP contribution in [0.3, 0.4) is 0 Å². The van der Waals surface area contributed by atoms with Gasteiger partial charge in [0.25, 0.3) is 0 Å². The number of carbonyl (C=O) groups excluding carboxylic acids is 1. The van der Waals surface area contributed by atoms with Crippen LogP contribution in [0.4, 0.5) is 0 Å². The summed E-state index contributed by atoms with van der Waals surface area (Å²) in [5.41, 5.74) is 0. The van der Waals surface area contributed by atoms with Crippen LogP contribution in [0.1, 0.15) is 19.3 Å². The number of thioether (sulfide) groups is 1. The molecular weight excluding hydrogens is 236 g/mol. The molecule has 0 unspecified atom stereocenters.